The van der Waals surface area contributed by atoms with Crippen LogP contribution >= 0.6 is 0 Å². The molecule has 0 spiro atoms. The van der Waals surface area contributed by atoms with Crippen molar-refractivity contribution in [3.63, 3.8) is 0 Å². The number of anilines is 1. The second kappa shape index (κ2) is 7.29. The molecular weight excluding hydrogens is 280 g/mol. The first kappa shape index (κ1) is 16.3. The molecule has 120 valence electrons. The first-order valence-corrected chi connectivity index (χ1v) is 7.71. The highest BCUT2D eigenvalue weighted by molar-refractivity contribution is 5.97. The zero-order chi connectivity index (χ0) is 16.1. The van der Waals surface area contributed by atoms with E-state index in [-0.39, 0.29) is 11.9 Å². The van der Waals surface area contributed by atoms with E-state index >= 15 is 0 Å². The van der Waals surface area contributed by atoms with Crippen LogP contribution in [0.5, 0.6) is 5.75 Å². The predicted octanol–water partition coefficient (Wildman–Crippen LogP) is 3.26. The highest BCUT2D eigenvalue weighted by Gasteiger charge is 2.36. The van der Waals surface area contributed by atoms with Gasteiger partial charge in [0.05, 0.1) is 13.2 Å². The minimum Gasteiger partial charge on any atom is -0.497 e. The van der Waals surface area contributed by atoms with Crippen LogP contribution in [-0.4, -0.2) is 31.1 Å². The Morgan fingerprint density at radius 3 is 2.59 bits per heavy atom. The van der Waals surface area contributed by atoms with Crippen LogP contribution in [0.4, 0.5) is 5.69 Å². The van der Waals surface area contributed by atoms with Crippen LogP contribution in [0.1, 0.15) is 33.6 Å². The van der Waals surface area contributed by atoms with E-state index in [9.17, 15) is 4.79 Å². The van der Waals surface area contributed by atoms with Crippen molar-refractivity contribution in [2.45, 2.75) is 45.8 Å². The molecule has 0 saturated carbocycles. The van der Waals surface area contributed by atoms with Gasteiger partial charge >= 0.3 is 0 Å². The highest BCUT2D eigenvalue weighted by atomic mass is 16.5. The number of benzene rings is 1. The van der Waals surface area contributed by atoms with Crippen LogP contribution < -0.4 is 10.1 Å². The number of aliphatic imine (C=N–C) groups is 1. The van der Waals surface area contributed by atoms with Gasteiger partial charge in [0, 0.05) is 12.1 Å². The third kappa shape index (κ3) is 4.00. The Bertz CT molecular complexity index is 537. The van der Waals surface area contributed by atoms with Gasteiger partial charge in [-0.3, -0.25) is 4.79 Å². The van der Waals surface area contributed by atoms with E-state index in [1.54, 1.807) is 7.11 Å². The third-order valence-corrected chi connectivity index (χ3v) is 3.55. The van der Waals surface area contributed by atoms with Gasteiger partial charge in [0.25, 0.3) is 5.91 Å². The van der Waals surface area contributed by atoms with E-state index in [1.165, 1.54) is 0 Å². The number of ether oxygens (including phenoxy) is 2. The van der Waals surface area contributed by atoms with Crippen molar-refractivity contribution in [1.82, 2.24) is 0 Å². The molecular formula is C17H24N2O3. The van der Waals surface area contributed by atoms with Crippen molar-refractivity contribution >= 4 is 17.5 Å². The van der Waals surface area contributed by atoms with Gasteiger partial charge in [0.2, 0.25) is 6.10 Å². The van der Waals surface area contributed by atoms with Crippen molar-refractivity contribution in [3.05, 3.63) is 24.3 Å². The average molecular weight is 304 g/mol. The quantitative estimate of drug-likeness (QED) is 0.877. The summed E-state index contributed by atoms with van der Waals surface area (Å²) >= 11 is 0. The van der Waals surface area contributed by atoms with Gasteiger partial charge in [0.15, 0.2) is 5.90 Å². The molecule has 0 radical (unpaired) electrons. The van der Waals surface area contributed by atoms with Crippen LogP contribution in [0.3, 0.4) is 0 Å². The summed E-state index contributed by atoms with van der Waals surface area (Å²) in [5.74, 6) is 1.73. The molecule has 5 nitrogen and oxygen atoms in total. The van der Waals surface area contributed by atoms with Crippen LogP contribution in [0, 0.1) is 5.92 Å². The van der Waals surface area contributed by atoms with Crippen molar-refractivity contribution in [2.75, 3.05) is 12.4 Å². The number of rotatable bonds is 6. The molecule has 1 heterocycles. The van der Waals surface area contributed by atoms with E-state index in [0.29, 0.717) is 18.2 Å². The number of carbonyl (C=O) groups is 1. The second-order valence-electron chi connectivity index (χ2n) is 5.83. The molecule has 0 fully saturated rings. The first-order chi connectivity index (χ1) is 10.5. The topological polar surface area (TPSA) is 59.9 Å². The van der Waals surface area contributed by atoms with Crippen LogP contribution in [0.25, 0.3) is 0 Å². The summed E-state index contributed by atoms with van der Waals surface area (Å²) in [6.45, 7) is 6.23. The molecule has 5 heteroatoms. The lowest BCUT2D eigenvalue weighted by Crippen LogP contribution is -2.37. The standard InChI is InChI=1S/C17H24N2O3/c1-5-15-19-14(10-11(2)3)16(22-15)17(20)18-12-6-8-13(21-4)9-7-12/h6-9,11,14,16H,5,10H2,1-4H3,(H,18,20). The Morgan fingerprint density at radius 1 is 1.36 bits per heavy atom. The fourth-order valence-corrected chi connectivity index (χ4v) is 2.46. The van der Waals surface area contributed by atoms with Crippen LogP contribution in [0.2, 0.25) is 0 Å². The fraction of sp³-hybridized carbons (Fsp3) is 0.529. The van der Waals surface area contributed by atoms with Gasteiger partial charge in [0.1, 0.15) is 5.75 Å². The molecule has 0 aromatic heterocycles. The number of nitrogens with zero attached hydrogens (tertiary/aromatic N) is 1. The van der Waals surface area contributed by atoms with Crippen molar-refractivity contribution < 1.29 is 14.3 Å². The Morgan fingerprint density at radius 2 is 2.05 bits per heavy atom. The Labute approximate surface area is 131 Å². The van der Waals surface area contributed by atoms with Crippen LogP contribution in [0.15, 0.2) is 29.3 Å². The lowest BCUT2D eigenvalue weighted by atomic mass is 9.99. The van der Waals surface area contributed by atoms with Gasteiger partial charge in [-0.05, 0) is 36.6 Å². The minimum absolute atomic E-state index is 0.104. The average Bonchev–Trinajstić information content (AvgIpc) is 2.90. The lowest BCUT2D eigenvalue weighted by Gasteiger charge is -2.18. The Hall–Kier alpha value is -2.04. The zero-order valence-corrected chi connectivity index (χ0v) is 13.6. The molecule has 1 N–H and O–H groups in total. The number of amides is 1. The molecule has 1 aliphatic rings. The van der Waals surface area contributed by atoms with Gasteiger partial charge < -0.3 is 14.8 Å². The first-order valence-electron chi connectivity index (χ1n) is 7.71. The molecule has 2 unspecified atom stereocenters. The van der Waals surface area contributed by atoms with E-state index in [0.717, 1.165) is 17.9 Å². The Kier molecular flexibility index (Phi) is 5.41. The van der Waals surface area contributed by atoms with Gasteiger partial charge in [-0.1, -0.05) is 20.8 Å². The summed E-state index contributed by atoms with van der Waals surface area (Å²) < 4.78 is 10.8. The van der Waals surface area contributed by atoms with Crippen molar-refractivity contribution in [2.24, 2.45) is 10.9 Å². The van der Waals surface area contributed by atoms with Crippen molar-refractivity contribution in [1.29, 1.82) is 0 Å². The molecule has 0 bridgehead atoms. The van der Waals surface area contributed by atoms with Crippen molar-refractivity contribution in [3.8, 4) is 5.75 Å². The third-order valence-electron chi connectivity index (χ3n) is 3.55. The van der Waals surface area contributed by atoms with Gasteiger partial charge in [-0.2, -0.15) is 0 Å². The number of hydrogen-bond acceptors (Lipinski definition) is 4. The molecule has 1 aliphatic heterocycles. The number of carbonyl (C=O) groups excluding carboxylic acids is 1. The SMILES string of the molecule is CCC1=NC(CC(C)C)C(C(=O)Nc2ccc(OC)cc2)O1. The number of methoxy groups -OCH3 is 1. The molecule has 1 aromatic carbocycles. The molecule has 0 aliphatic carbocycles. The van der Waals surface area contributed by atoms with E-state index in [2.05, 4.69) is 24.2 Å². The monoisotopic (exact) mass is 304 g/mol. The minimum atomic E-state index is -0.542. The highest BCUT2D eigenvalue weighted by Crippen LogP contribution is 2.23. The fourth-order valence-electron chi connectivity index (χ4n) is 2.46. The number of nitrogens with one attached hydrogen (secondary N) is 1. The summed E-state index contributed by atoms with van der Waals surface area (Å²) in [5.41, 5.74) is 0.725. The smallest absolute Gasteiger partial charge is 0.267 e. The molecule has 1 aromatic rings. The maximum absolute atomic E-state index is 12.5. The molecule has 22 heavy (non-hydrogen) atoms. The zero-order valence-electron chi connectivity index (χ0n) is 13.6. The van der Waals surface area contributed by atoms with E-state index in [4.69, 9.17) is 9.47 Å². The predicted molar refractivity (Wildman–Crippen MR) is 87.5 cm³/mol. The summed E-state index contributed by atoms with van der Waals surface area (Å²) in [6, 6.07) is 7.14. The molecule has 0 saturated heterocycles. The van der Waals surface area contributed by atoms with Gasteiger partial charge in [-0.25, -0.2) is 4.99 Å². The van der Waals surface area contributed by atoms with Gasteiger partial charge in [-0.15, -0.1) is 0 Å². The summed E-state index contributed by atoms with van der Waals surface area (Å²) in [7, 11) is 1.61. The Balaban J connectivity index is 2.03. The summed E-state index contributed by atoms with van der Waals surface area (Å²) in [6.07, 6.45) is 1.00. The summed E-state index contributed by atoms with van der Waals surface area (Å²) in [5, 5.41) is 2.89. The molecule has 2 atom stereocenters. The lowest BCUT2D eigenvalue weighted by molar-refractivity contribution is -0.123. The number of hydrogen-bond donors (Lipinski definition) is 1. The summed E-state index contributed by atoms with van der Waals surface area (Å²) in [4.78, 5) is 17.0. The molecule has 1 amide bonds. The van der Waals surface area contributed by atoms with E-state index in [1.807, 2.05) is 31.2 Å². The molecule has 2 rings (SSSR count). The maximum atomic E-state index is 12.5. The second-order valence-corrected chi connectivity index (χ2v) is 5.83. The normalized spacial score (nSPS) is 20.5. The maximum Gasteiger partial charge on any atom is 0.267 e. The van der Waals surface area contributed by atoms with E-state index < -0.39 is 6.10 Å². The largest absolute Gasteiger partial charge is 0.497 e. The van der Waals surface area contributed by atoms with Crippen LogP contribution in [-0.2, 0) is 9.53 Å².